The highest BCUT2D eigenvalue weighted by Gasteiger charge is 2.37. The number of anilines is 3. The van der Waals surface area contributed by atoms with Crippen molar-refractivity contribution in [2.75, 3.05) is 43.9 Å². The molecule has 0 amide bonds. The third kappa shape index (κ3) is 7.31. The van der Waals surface area contributed by atoms with Gasteiger partial charge < -0.3 is 15.1 Å². The number of nitrogens with zero attached hydrogens (tertiary/aromatic N) is 9. The van der Waals surface area contributed by atoms with Crippen LogP contribution in [0.15, 0.2) is 49.3 Å². The van der Waals surface area contributed by atoms with Crippen molar-refractivity contribution in [1.82, 2.24) is 38.8 Å². The van der Waals surface area contributed by atoms with E-state index in [-0.39, 0.29) is 10.2 Å². The highest BCUT2D eigenvalue weighted by atomic mass is 32.2. The second kappa shape index (κ2) is 12.7. The van der Waals surface area contributed by atoms with Gasteiger partial charge in [-0.25, -0.2) is 23.4 Å². The molecule has 0 aromatic carbocycles. The van der Waals surface area contributed by atoms with Crippen LogP contribution < -0.4 is 10.2 Å². The van der Waals surface area contributed by atoms with Gasteiger partial charge in [0.05, 0.1) is 46.2 Å². The molecule has 0 unspecified atom stereocenters. The molecule has 242 valence electrons. The van der Waals surface area contributed by atoms with Crippen LogP contribution in [0.1, 0.15) is 43.2 Å². The molecule has 4 aromatic heterocycles. The van der Waals surface area contributed by atoms with E-state index < -0.39 is 21.6 Å². The third-order valence-corrected chi connectivity index (χ3v) is 9.98. The number of halogens is 3. The molecule has 1 saturated heterocycles. The van der Waals surface area contributed by atoms with Gasteiger partial charge in [0.15, 0.2) is 5.82 Å². The van der Waals surface area contributed by atoms with E-state index in [1.807, 2.05) is 6.07 Å². The van der Waals surface area contributed by atoms with E-state index in [9.17, 15) is 21.6 Å². The van der Waals surface area contributed by atoms with Crippen LogP contribution in [0.3, 0.4) is 0 Å². The van der Waals surface area contributed by atoms with Crippen LogP contribution in [-0.2, 0) is 16.3 Å². The van der Waals surface area contributed by atoms with Gasteiger partial charge in [-0.1, -0.05) is 11.8 Å². The average molecular weight is 655 g/mol. The quantitative estimate of drug-likeness (QED) is 0.264. The summed E-state index contributed by atoms with van der Waals surface area (Å²) in [5.74, 6) is 7.61. The van der Waals surface area contributed by atoms with Crippen LogP contribution in [0.5, 0.6) is 0 Å². The smallest absolute Gasteiger partial charge is 0.370 e. The Morgan fingerprint density at radius 2 is 1.78 bits per heavy atom. The Hall–Kier alpha value is -4.49. The number of nitrogens with one attached hydrogen (secondary N) is 1. The Kier molecular flexibility index (Phi) is 8.71. The molecule has 4 aromatic rings. The number of aromatic nitrogens is 7. The molecule has 0 spiro atoms. The summed E-state index contributed by atoms with van der Waals surface area (Å²) in [5.41, 5.74) is 1.97. The van der Waals surface area contributed by atoms with Crippen LogP contribution in [-0.4, -0.2) is 86.2 Å². The highest BCUT2D eigenvalue weighted by Crippen LogP contribution is 2.32. The van der Waals surface area contributed by atoms with Crippen LogP contribution >= 0.6 is 0 Å². The van der Waals surface area contributed by atoms with Crippen molar-refractivity contribution in [2.45, 2.75) is 43.7 Å². The first-order valence-electron chi connectivity index (χ1n) is 14.9. The van der Waals surface area contributed by atoms with Crippen LogP contribution in [0.2, 0.25) is 0 Å². The van der Waals surface area contributed by atoms with E-state index in [0.29, 0.717) is 47.3 Å². The summed E-state index contributed by atoms with van der Waals surface area (Å²) in [6, 6.07) is 3.52. The number of alkyl halides is 3. The predicted octanol–water partition coefficient (Wildman–Crippen LogP) is 4.06. The van der Waals surface area contributed by atoms with Gasteiger partial charge in [-0.2, -0.15) is 19.0 Å². The maximum atomic E-state index is 13.0. The molecular formula is C30H33F3N10O2S. The number of hydrogen-bond donors (Lipinski definition) is 1. The fraction of sp³-hybridized carbons (Fsp3) is 0.433. The standard InChI is InChI=1S/C30H33F3N10O2S/c1-40(2)12-8-21-9-13-41(14-10-21)26-15-28(35-17-23(26)4-3-22-16-36-42(19-22)30(31,32)33)38-27-7-11-34-29(39-27)24-18-37-43(20-24)46(44,45)25-5-6-25/h7,11,15-21,25H,5-6,8-10,12-14H2,1-2H3,(H,34,35,38,39). The number of pyridine rings is 1. The second-order valence-electron chi connectivity index (χ2n) is 11.7. The minimum Gasteiger partial charge on any atom is -0.370 e. The van der Waals surface area contributed by atoms with Crippen LogP contribution in [0.4, 0.5) is 30.5 Å². The highest BCUT2D eigenvalue weighted by molar-refractivity contribution is 7.90. The fourth-order valence-corrected chi connectivity index (χ4v) is 6.69. The first-order valence-corrected chi connectivity index (χ1v) is 16.4. The molecule has 1 aliphatic carbocycles. The Balaban J connectivity index is 1.24. The summed E-state index contributed by atoms with van der Waals surface area (Å²) in [6.45, 7) is 2.62. The monoisotopic (exact) mass is 654 g/mol. The summed E-state index contributed by atoms with van der Waals surface area (Å²) in [5, 5.41) is 10.2. The number of hydrogen-bond acceptors (Lipinski definition) is 10. The molecule has 1 N–H and O–H groups in total. The Labute approximate surface area is 264 Å². The molecule has 5 heterocycles. The van der Waals surface area contributed by atoms with Crippen molar-refractivity contribution >= 4 is 27.3 Å². The zero-order chi connectivity index (χ0) is 32.5. The Morgan fingerprint density at radius 1 is 1.00 bits per heavy atom. The van der Waals surface area contributed by atoms with Crippen molar-refractivity contribution in [3.63, 3.8) is 0 Å². The fourth-order valence-electron chi connectivity index (χ4n) is 5.22. The molecule has 46 heavy (non-hydrogen) atoms. The van der Waals surface area contributed by atoms with Crippen molar-refractivity contribution in [3.05, 3.63) is 60.4 Å². The Bertz CT molecular complexity index is 1860. The van der Waals surface area contributed by atoms with Gasteiger partial charge in [0.2, 0.25) is 0 Å². The summed E-state index contributed by atoms with van der Waals surface area (Å²) in [7, 11) is 0.615. The lowest BCUT2D eigenvalue weighted by atomic mass is 9.93. The van der Waals surface area contributed by atoms with Crippen molar-refractivity contribution in [3.8, 4) is 23.2 Å². The lowest BCUT2D eigenvalue weighted by Gasteiger charge is -2.34. The largest absolute Gasteiger partial charge is 0.504 e. The maximum Gasteiger partial charge on any atom is 0.504 e. The molecule has 2 aliphatic rings. The van der Waals surface area contributed by atoms with Crippen LogP contribution in [0, 0.1) is 17.8 Å². The first kappa shape index (κ1) is 31.5. The third-order valence-electron chi connectivity index (χ3n) is 7.94. The minimum absolute atomic E-state index is 0.0747. The summed E-state index contributed by atoms with van der Waals surface area (Å²) < 4.78 is 65.1. The summed E-state index contributed by atoms with van der Waals surface area (Å²) in [6.07, 6.45) is 7.67. The van der Waals surface area contributed by atoms with Crippen molar-refractivity contribution in [2.24, 2.45) is 5.92 Å². The summed E-state index contributed by atoms with van der Waals surface area (Å²) in [4.78, 5) is 17.8. The summed E-state index contributed by atoms with van der Waals surface area (Å²) >= 11 is 0. The van der Waals surface area contributed by atoms with Crippen molar-refractivity contribution in [1.29, 1.82) is 0 Å². The topological polar surface area (TPSA) is 127 Å². The van der Waals surface area contributed by atoms with Gasteiger partial charge in [-0.15, -0.1) is 13.2 Å². The minimum atomic E-state index is -4.62. The average Bonchev–Trinajstić information content (AvgIpc) is 3.57. The molecule has 1 aliphatic heterocycles. The van der Waals surface area contributed by atoms with Crippen LogP contribution in [0.25, 0.3) is 11.4 Å². The zero-order valence-electron chi connectivity index (χ0n) is 25.3. The van der Waals surface area contributed by atoms with E-state index >= 15 is 0 Å². The van der Waals surface area contributed by atoms with E-state index in [1.165, 1.54) is 12.4 Å². The van der Waals surface area contributed by atoms with Gasteiger partial charge in [0.25, 0.3) is 10.0 Å². The van der Waals surface area contributed by atoms with Gasteiger partial charge >= 0.3 is 6.30 Å². The van der Waals surface area contributed by atoms with E-state index in [1.54, 1.807) is 18.5 Å². The maximum absolute atomic E-state index is 13.0. The van der Waals surface area contributed by atoms with E-state index in [0.717, 1.165) is 61.1 Å². The SMILES string of the molecule is CN(C)CCC1CCN(c2cc(Nc3ccnc(-c4cnn(S(=O)(=O)C5CC5)c4)n3)ncc2C#Cc2cnn(C(F)(F)F)c2)CC1. The molecule has 16 heteroatoms. The van der Waals surface area contributed by atoms with Gasteiger partial charge in [0.1, 0.15) is 11.6 Å². The lowest BCUT2D eigenvalue weighted by molar-refractivity contribution is -0.212. The van der Waals surface area contributed by atoms with Gasteiger partial charge in [-0.3, -0.25) is 0 Å². The molecule has 12 nitrogen and oxygen atoms in total. The molecule has 0 atom stereocenters. The lowest BCUT2D eigenvalue weighted by Crippen LogP contribution is -2.35. The molecule has 6 rings (SSSR count). The molecule has 2 fully saturated rings. The molecule has 0 bridgehead atoms. The van der Waals surface area contributed by atoms with E-state index in [4.69, 9.17) is 0 Å². The van der Waals surface area contributed by atoms with E-state index in [2.05, 4.69) is 66.2 Å². The second-order valence-corrected chi connectivity index (χ2v) is 13.8. The predicted molar refractivity (Wildman–Crippen MR) is 166 cm³/mol. The molecule has 1 saturated carbocycles. The number of rotatable bonds is 9. The molecule has 0 radical (unpaired) electrons. The Morgan fingerprint density at radius 3 is 2.48 bits per heavy atom. The first-order chi connectivity index (χ1) is 22.0. The van der Waals surface area contributed by atoms with Crippen molar-refractivity contribution < 1.29 is 21.6 Å². The van der Waals surface area contributed by atoms with Gasteiger partial charge in [-0.05, 0) is 64.7 Å². The zero-order valence-corrected chi connectivity index (χ0v) is 26.1. The number of piperidine rings is 1. The normalized spacial score (nSPS) is 16.0. The van der Waals surface area contributed by atoms with Gasteiger partial charge in [0, 0.05) is 37.7 Å². The molecular weight excluding hydrogens is 621 g/mol.